The van der Waals surface area contributed by atoms with Crippen molar-refractivity contribution in [3.63, 3.8) is 0 Å². The summed E-state index contributed by atoms with van der Waals surface area (Å²) in [5.74, 6) is 1.85. The Morgan fingerprint density at radius 2 is 2.00 bits per heavy atom. The van der Waals surface area contributed by atoms with Crippen molar-refractivity contribution in [2.45, 2.75) is 51.0 Å². The minimum Gasteiger partial charge on any atom is -0.352 e. The van der Waals surface area contributed by atoms with Crippen LogP contribution in [0.3, 0.4) is 0 Å². The van der Waals surface area contributed by atoms with Gasteiger partial charge in [-0.15, -0.1) is 11.6 Å². The highest BCUT2D eigenvalue weighted by molar-refractivity contribution is 6.18. The molecule has 1 heterocycles. The molecule has 18 heavy (non-hydrogen) atoms. The number of alkyl halides is 1. The van der Waals surface area contributed by atoms with E-state index >= 15 is 0 Å². The van der Waals surface area contributed by atoms with Crippen LogP contribution in [0.2, 0.25) is 0 Å². The molecule has 0 N–H and O–H groups in total. The Morgan fingerprint density at radius 3 is 2.78 bits per heavy atom. The molecule has 3 heteroatoms. The van der Waals surface area contributed by atoms with Gasteiger partial charge in [0.1, 0.15) is 5.82 Å². The highest BCUT2D eigenvalue weighted by Crippen LogP contribution is 2.29. The monoisotopic (exact) mass is 264 g/mol. The van der Waals surface area contributed by atoms with E-state index in [2.05, 4.69) is 17.0 Å². The Hall–Kier alpha value is -0.760. The van der Waals surface area contributed by atoms with Gasteiger partial charge in [0.25, 0.3) is 0 Å². The lowest BCUT2D eigenvalue weighted by atomic mass is 10.2. The largest absolute Gasteiger partial charge is 0.352 e. The zero-order valence-corrected chi connectivity index (χ0v) is 11.6. The lowest BCUT2D eigenvalue weighted by Crippen LogP contribution is -2.35. The van der Waals surface area contributed by atoms with Gasteiger partial charge < -0.3 is 4.90 Å². The minimum absolute atomic E-state index is 0.663. The molecule has 98 valence electrons. The van der Waals surface area contributed by atoms with E-state index in [-0.39, 0.29) is 0 Å². The zero-order chi connectivity index (χ0) is 12.4. The molecule has 0 amide bonds. The van der Waals surface area contributed by atoms with Gasteiger partial charge >= 0.3 is 0 Å². The number of hydrogen-bond acceptors (Lipinski definition) is 2. The Balaban J connectivity index is 1.84. The highest BCUT2D eigenvalue weighted by Gasteiger charge is 2.24. The molecule has 0 radical (unpaired) electrons. The fourth-order valence-corrected chi connectivity index (χ4v) is 3.54. The number of hydrogen-bond donors (Lipinski definition) is 0. The molecule has 2 aliphatic carbocycles. The van der Waals surface area contributed by atoms with Crippen LogP contribution in [0.4, 0.5) is 5.82 Å². The second-order valence-corrected chi connectivity index (χ2v) is 5.83. The van der Waals surface area contributed by atoms with Crippen molar-refractivity contribution in [3.8, 4) is 0 Å². The van der Waals surface area contributed by atoms with E-state index in [1.807, 2.05) is 0 Å². The second-order valence-electron chi connectivity index (χ2n) is 5.45. The first-order valence-corrected chi connectivity index (χ1v) is 7.73. The molecule has 2 aliphatic rings. The number of halogens is 1. The first-order valence-electron chi connectivity index (χ1n) is 7.20. The maximum absolute atomic E-state index is 5.97. The molecular formula is C15H21ClN2. The number of fused-ring (bicyclic) bond motifs is 1. The van der Waals surface area contributed by atoms with Crippen LogP contribution in [0.15, 0.2) is 12.1 Å². The van der Waals surface area contributed by atoms with Crippen LogP contribution >= 0.6 is 11.6 Å². The molecule has 1 fully saturated rings. The van der Waals surface area contributed by atoms with Gasteiger partial charge in [-0.1, -0.05) is 18.9 Å². The lowest BCUT2D eigenvalue weighted by Gasteiger charge is -2.29. The fourth-order valence-electron chi connectivity index (χ4n) is 3.36. The number of aryl methyl sites for hydroxylation is 2. The molecule has 0 aromatic carbocycles. The van der Waals surface area contributed by atoms with Gasteiger partial charge in [-0.3, -0.25) is 0 Å². The van der Waals surface area contributed by atoms with E-state index in [9.17, 15) is 0 Å². The molecular weight excluding hydrogens is 244 g/mol. The maximum Gasteiger partial charge on any atom is 0.129 e. The molecule has 1 aromatic heterocycles. The summed E-state index contributed by atoms with van der Waals surface area (Å²) >= 11 is 5.97. The van der Waals surface area contributed by atoms with E-state index in [0.717, 1.165) is 18.8 Å². The molecule has 0 spiro atoms. The first-order chi connectivity index (χ1) is 8.88. The third-order valence-electron chi connectivity index (χ3n) is 4.30. The number of rotatable bonds is 4. The summed E-state index contributed by atoms with van der Waals surface area (Å²) < 4.78 is 0. The third-order valence-corrected chi connectivity index (χ3v) is 4.47. The standard InChI is InChI=1S/C15H21ClN2/c16-10-11-18(13-5-1-2-6-13)15-9-8-12-4-3-7-14(12)17-15/h8-9,13H,1-7,10-11H2. The quantitative estimate of drug-likeness (QED) is 0.773. The summed E-state index contributed by atoms with van der Waals surface area (Å²) in [4.78, 5) is 7.33. The molecule has 0 bridgehead atoms. The number of aromatic nitrogens is 1. The van der Waals surface area contributed by atoms with Gasteiger partial charge in [0.2, 0.25) is 0 Å². The van der Waals surface area contributed by atoms with Crippen molar-refractivity contribution in [1.82, 2.24) is 4.98 Å². The Bertz CT molecular complexity index is 413. The van der Waals surface area contributed by atoms with Crippen LogP contribution in [0.5, 0.6) is 0 Å². The van der Waals surface area contributed by atoms with Gasteiger partial charge in [-0.2, -0.15) is 0 Å². The van der Waals surface area contributed by atoms with Gasteiger partial charge in [-0.05, 0) is 43.7 Å². The summed E-state index contributed by atoms with van der Waals surface area (Å²) in [6.07, 6.45) is 8.95. The fraction of sp³-hybridized carbons (Fsp3) is 0.667. The number of pyridine rings is 1. The van der Waals surface area contributed by atoms with Gasteiger partial charge in [0.15, 0.2) is 0 Å². The van der Waals surface area contributed by atoms with Crippen LogP contribution in [-0.2, 0) is 12.8 Å². The van der Waals surface area contributed by atoms with Crippen molar-refractivity contribution >= 4 is 17.4 Å². The predicted octanol–water partition coefficient (Wildman–Crippen LogP) is 3.56. The normalized spacial score (nSPS) is 19.2. The Labute approximate surface area is 114 Å². The molecule has 0 aliphatic heterocycles. The maximum atomic E-state index is 5.97. The smallest absolute Gasteiger partial charge is 0.129 e. The van der Waals surface area contributed by atoms with E-state index < -0.39 is 0 Å². The van der Waals surface area contributed by atoms with Crippen LogP contribution < -0.4 is 4.90 Å². The average molecular weight is 265 g/mol. The molecule has 1 aromatic rings. The SMILES string of the molecule is ClCCN(c1ccc2c(n1)CCC2)C1CCCC1. The van der Waals surface area contributed by atoms with Crippen LogP contribution in [0.25, 0.3) is 0 Å². The molecule has 1 saturated carbocycles. The van der Waals surface area contributed by atoms with Crippen LogP contribution in [0.1, 0.15) is 43.4 Å². The Kier molecular flexibility index (Phi) is 3.74. The van der Waals surface area contributed by atoms with Crippen LogP contribution in [-0.4, -0.2) is 23.5 Å². The lowest BCUT2D eigenvalue weighted by molar-refractivity contribution is 0.613. The van der Waals surface area contributed by atoms with Crippen LogP contribution in [0, 0.1) is 0 Å². The van der Waals surface area contributed by atoms with Gasteiger partial charge in [-0.25, -0.2) is 4.98 Å². The van der Waals surface area contributed by atoms with Crippen molar-refractivity contribution in [1.29, 1.82) is 0 Å². The number of nitrogens with zero attached hydrogens (tertiary/aromatic N) is 2. The molecule has 2 nitrogen and oxygen atoms in total. The first kappa shape index (κ1) is 12.3. The van der Waals surface area contributed by atoms with E-state index in [4.69, 9.17) is 16.6 Å². The van der Waals surface area contributed by atoms with E-state index in [1.165, 1.54) is 49.8 Å². The molecule has 0 atom stereocenters. The molecule has 0 unspecified atom stereocenters. The van der Waals surface area contributed by atoms with Gasteiger partial charge in [0, 0.05) is 24.2 Å². The molecule has 3 rings (SSSR count). The van der Waals surface area contributed by atoms with Crippen molar-refractivity contribution < 1.29 is 0 Å². The average Bonchev–Trinajstić information content (AvgIpc) is 3.05. The van der Waals surface area contributed by atoms with Crippen molar-refractivity contribution in [2.75, 3.05) is 17.3 Å². The highest BCUT2D eigenvalue weighted by atomic mass is 35.5. The summed E-state index contributed by atoms with van der Waals surface area (Å²) in [5.41, 5.74) is 2.78. The Morgan fingerprint density at radius 1 is 1.17 bits per heavy atom. The minimum atomic E-state index is 0.663. The zero-order valence-electron chi connectivity index (χ0n) is 10.9. The van der Waals surface area contributed by atoms with Crippen molar-refractivity contribution in [2.24, 2.45) is 0 Å². The second kappa shape index (κ2) is 5.48. The van der Waals surface area contributed by atoms with E-state index in [1.54, 1.807) is 0 Å². The predicted molar refractivity (Wildman–Crippen MR) is 76.6 cm³/mol. The summed E-state index contributed by atoms with van der Waals surface area (Å²) in [6.45, 7) is 0.929. The third kappa shape index (κ3) is 2.35. The summed E-state index contributed by atoms with van der Waals surface area (Å²) in [7, 11) is 0. The molecule has 0 saturated heterocycles. The summed E-state index contributed by atoms with van der Waals surface area (Å²) in [5, 5.41) is 0. The summed E-state index contributed by atoms with van der Waals surface area (Å²) in [6, 6.07) is 5.14. The topological polar surface area (TPSA) is 16.1 Å². The van der Waals surface area contributed by atoms with E-state index in [0.29, 0.717) is 11.9 Å². The van der Waals surface area contributed by atoms with Crippen molar-refractivity contribution in [3.05, 3.63) is 23.4 Å². The number of anilines is 1. The van der Waals surface area contributed by atoms with Gasteiger partial charge in [0.05, 0.1) is 0 Å².